The molecule has 2 aromatic rings. The second kappa shape index (κ2) is 9.77. The van der Waals surface area contributed by atoms with Crippen LogP contribution >= 0.6 is 0 Å². The fourth-order valence-corrected chi connectivity index (χ4v) is 3.41. The lowest BCUT2D eigenvalue weighted by molar-refractivity contribution is 0.196. The lowest BCUT2D eigenvalue weighted by Crippen LogP contribution is -2.29. The van der Waals surface area contributed by atoms with Crippen molar-refractivity contribution in [3.63, 3.8) is 0 Å². The summed E-state index contributed by atoms with van der Waals surface area (Å²) in [6.45, 7) is 13.0. The quantitative estimate of drug-likeness (QED) is 0.656. The van der Waals surface area contributed by atoms with Gasteiger partial charge in [0, 0.05) is 26.2 Å². The van der Waals surface area contributed by atoms with Crippen molar-refractivity contribution in [2.45, 2.75) is 33.2 Å². The topological polar surface area (TPSA) is 24.9 Å². The van der Waals surface area contributed by atoms with E-state index in [4.69, 9.17) is 9.47 Å². The normalized spacial score (nSPS) is 15.4. The SMILES string of the molecule is CCOc1ccccc1OCCN1CCN(Cc2ccc(C(C)C)cc2)C1. The van der Waals surface area contributed by atoms with Crippen molar-refractivity contribution in [1.82, 2.24) is 9.80 Å². The third-order valence-electron chi connectivity index (χ3n) is 5.00. The molecule has 2 aromatic carbocycles. The van der Waals surface area contributed by atoms with Gasteiger partial charge in [-0.3, -0.25) is 9.80 Å². The maximum Gasteiger partial charge on any atom is 0.161 e. The molecular weight excluding hydrogens is 336 g/mol. The molecule has 1 fully saturated rings. The standard InChI is InChI=1S/C23H32N2O2/c1-4-26-22-7-5-6-8-23(22)27-16-15-24-13-14-25(18-24)17-20-9-11-21(12-10-20)19(2)3/h5-12,19H,4,13-18H2,1-3H3. The number of benzene rings is 2. The predicted octanol–water partition coefficient (Wildman–Crippen LogP) is 4.36. The summed E-state index contributed by atoms with van der Waals surface area (Å²) in [5.41, 5.74) is 2.80. The molecule has 0 aliphatic carbocycles. The van der Waals surface area contributed by atoms with Crippen molar-refractivity contribution in [2.75, 3.05) is 39.5 Å². The van der Waals surface area contributed by atoms with Crippen LogP contribution in [0.25, 0.3) is 0 Å². The average molecular weight is 369 g/mol. The van der Waals surface area contributed by atoms with Gasteiger partial charge in [-0.25, -0.2) is 0 Å². The number of hydrogen-bond donors (Lipinski definition) is 0. The Bertz CT molecular complexity index is 700. The van der Waals surface area contributed by atoms with Crippen LogP contribution in [-0.4, -0.2) is 49.3 Å². The second-order valence-corrected chi connectivity index (χ2v) is 7.44. The minimum Gasteiger partial charge on any atom is -0.490 e. The molecular formula is C23H32N2O2. The molecule has 1 aliphatic heterocycles. The van der Waals surface area contributed by atoms with Gasteiger partial charge in [-0.05, 0) is 36.1 Å². The first-order chi connectivity index (χ1) is 13.2. The smallest absolute Gasteiger partial charge is 0.161 e. The molecule has 3 rings (SSSR count). The van der Waals surface area contributed by atoms with Gasteiger partial charge >= 0.3 is 0 Å². The molecule has 1 heterocycles. The maximum absolute atomic E-state index is 5.96. The van der Waals surface area contributed by atoms with Gasteiger partial charge in [-0.15, -0.1) is 0 Å². The Hall–Kier alpha value is -2.04. The molecule has 0 radical (unpaired) electrons. The highest BCUT2D eigenvalue weighted by Crippen LogP contribution is 2.26. The molecule has 0 saturated carbocycles. The summed E-state index contributed by atoms with van der Waals surface area (Å²) < 4.78 is 11.6. The zero-order valence-electron chi connectivity index (χ0n) is 16.9. The fraction of sp³-hybridized carbons (Fsp3) is 0.478. The second-order valence-electron chi connectivity index (χ2n) is 7.44. The van der Waals surface area contributed by atoms with Crippen LogP contribution in [0.4, 0.5) is 0 Å². The van der Waals surface area contributed by atoms with Crippen LogP contribution < -0.4 is 9.47 Å². The van der Waals surface area contributed by atoms with Gasteiger partial charge in [0.1, 0.15) is 6.61 Å². The Labute approximate surface area is 163 Å². The minimum atomic E-state index is 0.592. The van der Waals surface area contributed by atoms with Crippen molar-refractivity contribution in [1.29, 1.82) is 0 Å². The summed E-state index contributed by atoms with van der Waals surface area (Å²) >= 11 is 0. The molecule has 0 N–H and O–H groups in total. The lowest BCUT2D eigenvalue weighted by Gasteiger charge is -2.19. The van der Waals surface area contributed by atoms with Crippen LogP contribution in [0.3, 0.4) is 0 Å². The maximum atomic E-state index is 5.96. The van der Waals surface area contributed by atoms with Crippen LogP contribution in [0, 0.1) is 0 Å². The van der Waals surface area contributed by atoms with Crippen LogP contribution in [-0.2, 0) is 6.54 Å². The van der Waals surface area contributed by atoms with Gasteiger partial charge in [0.15, 0.2) is 11.5 Å². The lowest BCUT2D eigenvalue weighted by atomic mass is 10.0. The van der Waals surface area contributed by atoms with Crippen LogP contribution in [0.15, 0.2) is 48.5 Å². The molecule has 0 aromatic heterocycles. The number of ether oxygens (including phenoxy) is 2. The number of rotatable bonds is 9. The highest BCUT2D eigenvalue weighted by atomic mass is 16.5. The van der Waals surface area contributed by atoms with E-state index in [0.717, 1.165) is 44.3 Å². The van der Waals surface area contributed by atoms with E-state index < -0.39 is 0 Å². The Morgan fingerprint density at radius 1 is 0.889 bits per heavy atom. The molecule has 27 heavy (non-hydrogen) atoms. The van der Waals surface area contributed by atoms with E-state index >= 15 is 0 Å². The Morgan fingerprint density at radius 2 is 1.56 bits per heavy atom. The van der Waals surface area contributed by atoms with Crippen LogP contribution in [0.5, 0.6) is 11.5 Å². The van der Waals surface area contributed by atoms with Gasteiger partial charge < -0.3 is 9.47 Å². The molecule has 0 spiro atoms. The first-order valence-corrected chi connectivity index (χ1v) is 10.0. The third-order valence-corrected chi connectivity index (χ3v) is 5.00. The molecule has 0 unspecified atom stereocenters. The van der Waals surface area contributed by atoms with E-state index in [1.54, 1.807) is 0 Å². The average Bonchev–Trinajstić information content (AvgIpc) is 3.11. The first kappa shape index (κ1) is 19.7. The van der Waals surface area contributed by atoms with Crippen molar-refractivity contribution in [3.8, 4) is 11.5 Å². The van der Waals surface area contributed by atoms with Crippen LogP contribution in [0.1, 0.15) is 37.8 Å². The highest BCUT2D eigenvalue weighted by molar-refractivity contribution is 5.39. The zero-order valence-corrected chi connectivity index (χ0v) is 16.9. The Morgan fingerprint density at radius 3 is 2.22 bits per heavy atom. The molecule has 4 heteroatoms. The van der Waals surface area contributed by atoms with Crippen molar-refractivity contribution < 1.29 is 9.47 Å². The molecule has 0 bridgehead atoms. The summed E-state index contributed by atoms with van der Waals surface area (Å²) in [6, 6.07) is 17.0. The van der Waals surface area contributed by atoms with E-state index in [1.165, 1.54) is 11.1 Å². The summed E-state index contributed by atoms with van der Waals surface area (Å²) in [4.78, 5) is 4.95. The third kappa shape index (κ3) is 5.72. The molecule has 1 aliphatic rings. The van der Waals surface area contributed by atoms with Crippen molar-refractivity contribution >= 4 is 0 Å². The van der Waals surface area contributed by atoms with Gasteiger partial charge in [0.2, 0.25) is 0 Å². The highest BCUT2D eigenvalue weighted by Gasteiger charge is 2.19. The monoisotopic (exact) mass is 368 g/mol. The van der Waals surface area contributed by atoms with E-state index in [0.29, 0.717) is 19.1 Å². The first-order valence-electron chi connectivity index (χ1n) is 10.0. The van der Waals surface area contributed by atoms with Crippen molar-refractivity contribution in [3.05, 3.63) is 59.7 Å². The number of para-hydroxylation sites is 2. The van der Waals surface area contributed by atoms with Gasteiger partial charge in [0.05, 0.1) is 13.3 Å². The van der Waals surface area contributed by atoms with E-state index in [-0.39, 0.29) is 0 Å². The molecule has 146 valence electrons. The molecule has 1 saturated heterocycles. The predicted molar refractivity (Wildman–Crippen MR) is 110 cm³/mol. The summed E-state index contributed by atoms with van der Waals surface area (Å²) in [6.07, 6.45) is 0. The summed E-state index contributed by atoms with van der Waals surface area (Å²) in [7, 11) is 0. The molecule has 0 amide bonds. The van der Waals surface area contributed by atoms with Crippen LogP contribution in [0.2, 0.25) is 0 Å². The molecule has 4 nitrogen and oxygen atoms in total. The zero-order chi connectivity index (χ0) is 19.1. The van der Waals surface area contributed by atoms with E-state index in [2.05, 4.69) is 47.9 Å². The Kier molecular flexibility index (Phi) is 7.13. The Balaban J connectivity index is 1.42. The summed E-state index contributed by atoms with van der Waals surface area (Å²) in [5.74, 6) is 2.25. The number of nitrogens with zero attached hydrogens (tertiary/aromatic N) is 2. The van der Waals surface area contributed by atoms with Crippen molar-refractivity contribution in [2.24, 2.45) is 0 Å². The number of hydrogen-bond acceptors (Lipinski definition) is 4. The van der Waals surface area contributed by atoms with Gasteiger partial charge in [-0.2, -0.15) is 0 Å². The van der Waals surface area contributed by atoms with Gasteiger partial charge in [0.25, 0.3) is 0 Å². The minimum absolute atomic E-state index is 0.592. The largest absolute Gasteiger partial charge is 0.490 e. The molecule has 0 atom stereocenters. The fourth-order valence-electron chi connectivity index (χ4n) is 3.41. The van der Waals surface area contributed by atoms with Gasteiger partial charge in [-0.1, -0.05) is 50.2 Å². The summed E-state index contributed by atoms with van der Waals surface area (Å²) in [5, 5.41) is 0. The van der Waals surface area contributed by atoms with E-state index in [1.807, 2.05) is 31.2 Å². The van der Waals surface area contributed by atoms with E-state index in [9.17, 15) is 0 Å².